The van der Waals surface area contributed by atoms with Crippen molar-refractivity contribution in [1.29, 1.82) is 0 Å². The summed E-state index contributed by atoms with van der Waals surface area (Å²) < 4.78 is 0. The van der Waals surface area contributed by atoms with Crippen molar-refractivity contribution in [1.82, 2.24) is 9.80 Å². The number of unbranched alkanes of at least 4 members (excludes halogenated alkanes) is 4. The van der Waals surface area contributed by atoms with Crippen molar-refractivity contribution in [2.45, 2.75) is 52.4 Å². The Balaban J connectivity index is 1.91. The second kappa shape index (κ2) is 8.83. The number of nitrogens with zero attached hydrogens (tertiary/aromatic N) is 2. The number of hydrogen-bond acceptors (Lipinski definition) is 4. The van der Waals surface area contributed by atoms with Crippen LogP contribution < -0.4 is 0 Å². The first-order chi connectivity index (χ1) is 15.3. The molecule has 2 aromatic carbocycles. The molecule has 8 heteroatoms. The lowest BCUT2D eigenvalue weighted by Crippen LogP contribution is -2.44. The summed E-state index contributed by atoms with van der Waals surface area (Å²) >= 11 is 13.0. The van der Waals surface area contributed by atoms with Gasteiger partial charge in [-0.15, -0.1) is 0 Å². The summed E-state index contributed by atoms with van der Waals surface area (Å²) in [4.78, 5) is 55.3. The molecule has 0 N–H and O–H groups in total. The van der Waals surface area contributed by atoms with Crippen LogP contribution in [-0.2, 0) is 0 Å². The summed E-state index contributed by atoms with van der Waals surface area (Å²) in [6.45, 7) is 4.61. The van der Waals surface area contributed by atoms with Crippen molar-refractivity contribution in [3.63, 3.8) is 0 Å². The molecule has 0 spiro atoms. The van der Waals surface area contributed by atoms with Crippen molar-refractivity contribution in [2.75, 3.05) is 13.1 Å². The van der Waals surface area contributed by atoms with Crippen LogP contribution in [0.15, 0.2) is 12.1 Å². The SMILES string of the molecule is CCCCCN1C(=O)c2cc(Cl)c3c4c(cc(Cl)c(c24)C1=O)C(=O)N(CCCCC)C3=O. The molecule has 0 saturated heterocycles. The van der Waals surface area contributed by atoms with Crippen molar-refractivity contribution in [2.24, 2.45) is 0 Å². The molecule has 32 heavy (non-hydrogen) atoms. The number of benzene rings is 2. The van der Waals surface area contributed by atoms with E-state index in [0.29, 0.717) is 12.8 Å². The molecule has 2 aliphatic rings. The van der Waals surface area contributed by atoms with E-state index < -0.39 is 23.6 Å². The van der Waals surface area contributed by atoms with Crippen molar-refractivity contribution < 1.29 is 19.2 Å². The molecular weight excluding hydrogens is 451 g/mol. The average molecular weight is 475 g/mol. The van der Waals surface area contributed by atoms with Gasteiger partial charge in [0.1, 0.15) is 0 Å². The third-order valence-electron chi connectivity index (χ3n) is 6.15. The molecule has 2 aliphatic heterocycles. The van der Waals surface area contributed by atoms with Gasteiger partial charge < -0.3 is 0 Å². The van der Waals surface area contributed by atoms with Gasteiger partial charge in [-0.3, -0.25) is 29.0 Å². The zero-order valence-electron chi connectivity index (χ0n) is 18.1. The molecule has 0 bridgehead atoms. The van der Waals surface area contributed by atoms with E-state index in [1.807, 2.05) is 13.8 Å². The van der Waals surface area contributed by atoms with Gasteiger partial charge in [-0.1, -0.05) is 62.7 Å². The minimum atomic E-state index is -0.506. The van der Waals surface area contributed by atoms with Crippen LogP contribution in [0.3, 0.4) is 0 Å². The molecule has 168 valence electrons. The zero-order valence-corrected chi connectivity index (χ0v) is 19.6. The third-order valence-corrected chi connectivity index (χ3v) is 6.74. The van der Waals surface area contributed by atoms with Crippen LogP contribution in [0.4, 0.5) is 0 Å². The zero-order chi connectivity index (χ0) is 23.2. The molecule has 4 amide bonds. The fourth-order valence-corrected chi connectivity index (χ4v) is 5.09. The second-order valence-corrected chi connectivity index (χ2v) is 9.06. The van der Waals surface area contributed by atoms with Crippen LogP contribution in [0.25, 0.3) is 10.8 Å². The fraction of sp³-hybridized carbons (Fsp3) is 0.417. The molecule has 2 heterocycles. The maximum Gasteiger partial charge on any atom is 0.262 e. The van der Waals surface area contributed by atoms with Gasteiger partial charge in [-0.25, -0.2) is 0 Å². The van der Waals surface area contributed by atoms with Crippen LogP contribution >= 0.6 is 23.2 Å². The maximum atomic E-state index is 13.3. The number of amides is 4. The third kappa shape index (κ3) is 3.41. The van der Waals surface area contributed by atoms with Crippen molar-refractivity contribution in [3.05, 3.63) is 44.4 Å². The highest BCUT2D eigenvalue weighted by atomic mass is 35.5. The van der Waals surface area contributed by atoms with E-state index in [0.717, 1.165) is 25.7 Å². The molecule has 0 aliphatic carbocycles. The summed E-state index contributed by atoms with van der Waals surface area (Å²) in [5, 5.41) is 0.694. The van der Waals surface area contributed by atoms with E-state index in [1.54, 1.807) is 0 Å². The first-order valence-electron chi connectivity index (χ1n) is 11.0. The van der Waals surface area contributed by atoms with Crippen LogP contribution in [0, 0.1) is 0 Å². The van der Waals surface area contributed by atoms with Crippen LogP contribution in [-0.4, -0.2) is 46.5 Å². The smallest absolute Gasteiger partial charge is 0.262 e. The Morgan fingerprint density at radius 3 is 1.34 bits per heavy atom. The summed E-state index contributed by atoms with van der Waals surface area (Å²) in [5.74, 6) is -1.97. The standard InChI is InChI=1S/C24H24Cl2N2O4/c1-3-5-7-9-27-21(29)13-11-16(26)20-18-14(12-15(25)19(17(13)18)23(27)31)22(30)28(24(20)32)10-8-6-4-2/h11-12H,3-10H2,1-2H3. The Morgan fingerprint density at radius 1 is 0.625 bits per heavy atom. The highest BCUT2D eigenvalue weighted by Gasteiger charge is 2.42. The van der Waals surface area contributed by atoms with Gasteiger partial charge in [0.2, 0.25) is 0 Å². The Bertz CT molecular complexity index is 1080. The van der Waals surface area contributed by atoms with Gasteiger partial charge in [-0.05, 0) is 25.0 Å². The number of imide groups is 2. The molecule has 0 fully saturated rings. The van der Waals surface area contributed by atoms with Gasteiger partial charge in [0.25, 0.3) is 23.6 Å². The Hall–Kier alpha value is -2.44. The molecule has 6 nitrogen and oxygen atoms in total. The Labute approximate surface area is 196 Å². The van der Waals surface area contributed by atoms with Crippen LogP contribution in [0.2, 0.25) is 10.0 Å². The van der Waals surface area contributed by atoms with Gasteiger partial charge in [0.05, 0.1) is 32.3 Å². The molecule has 4 rings (SSSR count). The lowest BCUT2D eigenvalue weighted by atomic mass is 9.85. The van der Waals surface area contributed by atoms with Gasteiger partial charge >= 0.3 is 0 Å². The van der Waals surface area contributed by atoms with Crippen molar-refractivity contribution in [3.8, 4) is 0 Å². The summed E-state index contributed by atoms with van der Waals surface area (Å²) in [6, 6.07) is 2.87. The second-order valence-electron chi connectivity index (χ2n) is 8.25. The molecule has 0 radical (unpaired) electrons. The van der Waals surface area contributed by atoms with Crippen LogP contribution in [0.1, 0.15) is 93.8 Å². The largest absolute Gasteiger partial charge is 0.274 e. The van der Waals surface area contributed by atoms with Gasteiger partial charge in [-0.2, -0.15) is 0 Å². The topological polar surface area (TPSA) is 74.8 Å². The number of halogens is 2. The number of rotatable bonds is 8. The summed E-state index contributed by atoms with van der Waals surface area (Å²) in [6.07, 6.45) is 5.00. The molecule has 0 aromatic heterocycles. The molecule has 0 saturated carbocycles. The van der Waals surface area contributed by atoms with Gasteiger partial charge in [0, 0.05) is 23.9 Å². The molecule has 0 atom stereocenters. The summed E-state index contributed by atoms with van der Waals surface area (Å²) in [5.41, 5.74) is 0.691. The normalized spacial score (nSPS) is 15.4. The predicted molar refractivity (Wildman–Crippen MR) is 124 cm³/mol. The lowest BCUT2D eigenvalue weighted by Gasteiger charge is -2.33. The first-order valence-corrected chi connectivity index (χ1v) is 11.8. The molecular formula is C24H24Cl2N2O4. The highest BCUT2D eigenvalue weighted by Crippen LogP contribution is 2.43. The van der Waals surface area contributed by atoms with Crippen molar-refractivity contribution >= 4 is 57.6 Å². The number of carbonyl (C=O) groups is 4. The number of carbonyl (C=O) groups excluding carboxylic acids is 4. The van der Waals surface area contributed by atoms with E-state index in [1.165, 1.54) is 21.9 Å². The monoisotopic (exact) mass is 474 g/mol. The lowest BCUT2D eigenvalue weighted by molar-refractivity contribution is 0.0586. The minimum Gasteiger partial charge on any atom is -0.274 e. The highest BCUT2D eigenvalue weighted by molar-refractivity contribution is 6.44. The van der Waals surface area contributed by atoms with Crippen LogP contribution in [0.5, 0.6) is 0 Å². The molecule has 0 unspecified atom stereocenters. The predicted octanol–water partition coefficient (Wildman–Crippen LogP) is 5.72. The van der Waals surface area contributed by atoms with E-state index >= 15 is 0 Å². The summed E-state index contributed by atoms with van der Waals surface area (Å²) in [7, 11) is 0. The van der Waals surface area contributed by atoms with E-state index in [2.05, 4.69) is 0 Å². The first kappa shape index (κ1) is 22.7. The Morgan fingerprint density at radius 2 is 1.00 bits per heavy atom. The van der Waals surface area contributed by atoms with E-state index in [9.17, 15) is 19.2 Å². The average Bonchev–Trinajstić information content (AvgIpc) is 2.76. The minimum absolute atomic E-state index is 0.0937. The van der Waals surface area contributed by atoms with E-state index in [-0.39, 0.29) is 56.2 Å². The maximum absolute atomic E-state index is 13.3. The Kier molecular flexibility index (Phi) is 6.28. The molecule has 2 aromatic rings. The quantitative estimate of drug-likeness (QED) is 0.362. The fourth-order valence-electron chi connectivity index (χ4n) is 4.52. The van der Waals surface area contributed by atoms with Gasteiger partial charge in [0.15, 0.2) is 0 Å². The number of hydrogen-bond donors (Lipinski definition) is 0. The van der Waals surface area contributed by atoms with E-state index in [4.69, 9.17) is 23.2 Å².